The Morgan fingerprint density at radius 3 is 2.70 bits per heavy atom. The maximum Gasteiger partial charge on any atom is 0.175 e. The number of fused-ring (bicyclic) bond motifs is 3. The van der Waals surface area contributed by atoms with E-state index in [1.165, 1.54) is 0 Å². The van der Waals surface area contributed by atoms with Crippen molar-refractivity contribution in [2.45, 2.75) is 5.60 Å². The first kappa shape index (κ1) is 11.7. The van der Waals surface area contributed by atoms with Crippen LogP contribution < -0.4 is 0 Å². The highest BCUT2D eigenvalue weighted by atomic mass is 35.5. The highest BCUT2D eigenvalue weighted by Gasteiger charge is 2.45. The highest BCUT2D eigenvalue weighted by molar-refractivity contribution is 6.30. The fourth-order valence-electron chi connectivity index (χ4n) is 2.86. The maximum absolute atomic E-state index is 11.3. The number of hydrogen-bond acceptors (Lipinski definition) is 2. The third-order valence-corrected chi connectivity index (χ3v) is 4.00. The van der Waals surface area contributed by atoms with Crippen molar-refractivity contribution in [1.29, 1.82) is 0 Å². The van der Waals surface area contributed by atoms with Crippen LogP contribution in [0.4, 0.5) is 0 Å². The van der Waals surface area contributed by atoms with Gasteiger partial charge in [-0.25, -0.2) is 4.98 Å². The number of aliphatic hydroxyl groups is 1. The summed E-state index contributed by atoms with van der Waals surface area (Å²) in [4.78, 5) is 4.34. The molecule has 1 aromatic heterocycles. The van der Waals surface area contributed by atoms with E-state index < -0.39 is 5.60 Å². The van der Waals surface area contributed by atoms with E-state index in [0.29, 0.717) is 10.8 Å². The molecule has 0 spiro atoms. The van der Waals surface area contributed by atoms with Gasteiger partial charge >= 0.3 is 0 Å². The van der Waals surface area contributed by atoms with E-state index in [0.717, 1.165) is 16.8 Å². The zero-order valence-electron chi connectivity index (χ0n) is 10.5. The Hall–Kier alpha value is -2.10. The van der Waals surface area contributed by atoms with Gasteiger partial charge in [-0.1, -0.05) is 41.9 Å². The minimum atomic E-state index is -1.26. The number of rotatable bonds is 1. The maximum atomic E-state index is 11.3. The summed E-state index contributed by atoms with van der Waals surface area (Å²) in [6.45, 7) is 0. The second-order valence-electron chi connectivity index (χ2n) is 4.86. The second-order valence-corrected chi connectivity index (χ2v) is 5.30. The molecule has 1 aliphatic rings. The van der Waals surface area contributed by atoms with E-state index >= 15 is 0 Å². The van der Waals surface area contributed by atoms with E-state index in [1.54, 1.807) is 12.3 Å². The largest absolute Gasteiger partial charge is 0.373 e. The number of nitrogens with zero attached hydrogens (tertiary/aromatic N) is 2. The average Bonchev–Trinajstić information content (AvgIpc) is 3.04. The van der Waals surface area contributed by atoms with Crippen molar-refractivity contribution in [2.75, 3.05) is 0 Å². The van der Waals surface area contributed by atoms with E-state index in [1.807, 2.05) is 53.2 Å². The van der Waals surface area contributed by atoms with Gasteiger partial charge < -0.3 is 9.67 Å². The van der Waals surface area contributed by atoms with Crippen LogP contribution in [0.5, 0.6) is 0 Å². The van der Waals surface area contributed by atoms with Crippen LogP contribution >= 0.6 is 11.6 Å². The van der Waals surface area contributed by atoms with Gasteiger partial charge in [0.2, 0.25) is 0 Å². The van der Waals surface area contributed by atoms with E-state index in [9.17, 15) is 5.11 Å². The second kappa shape index (κ2) is 3.95. The van der Waals surface area contributed by atoms with Crippen LogP contribution in [0.25, 0.3) is 5.69 Å². The molecule has 2 aromatic carbocycles. The molecule has 0 fully saturated rings. The summed E-state index contributed by atoms with van der Waals surface area (Å²) in [5, 5.41) is 11.9. The van der Waals surface area contributed by atoms with Crippen molar-refractivity contribution < 1.29 is 5.11 Å². The van der Waals surface area contributed by atoms with Gasteiger partial charge in [-0.2, -0.15) is 0 Å². The third-order valence-electron chi connectivity index (χ3n) is 3.76. The third kappa shape index (κ3) is 1.36. The molecule has 0 saturated heterocycles. The lowest BCUT2D eigenvalue weighted by atomic mass is 9.87. The molecular weight excluding hydrogens is 272 g/mol. The lowest BCUT2D eigenvalue weighted by Gasteiger charge is -2.23. The van der Waals surface area contributed by atoms with Crippen LogP contribution in [0.1, 0.15) is 17.0 Å². The van der Waals surface area contributed by atoms with Gasteiger partial charge in [-0.15, -0.1) is 0 Å². The minimum absolute atomic E-state index is 0.598. The Balaban J connectivity index is 2.09. The van der Waals surface area contributed by atoms with E-state index in [4.69, 9.17) is 11.6 Å². The molecule has 3 nitrogen and oxygen atoms in total. The van der Waals surface area contributed by atoms with Crippen molar-refractivity contribution in [3.63, 3.8) is 0 Å². The first-order chi connectivity index (χ1) is 9.71. The van der Waals surface area contributed by atoms with Crippen molar-refractivity contribution in [3.05, 3.63) is 82.9 Å². The van der Waals surface area contributed by atoms with Gasteiger partial charge in [0.15, 0.2) is 11.4 Å². The standard InChI is InChI=1S/C16H11ClN2O/c17-12-6-7-14-13(10-12)16(20,11-4-2-1-3-5-11)15-18-8-9-19(14)15/h1-10,20H. The molecule has 1 aliphatic heterocycles. The molecule has 1 atom stereocenters. The number of aromatic nitrogens is 2. The van der Waals surface area contributed by atoms with Crippen molar-refractivity contribution in [2.24, 2.45) is 0 Å². The molecule has 4 rings (SSSR count). The molecule has 4 heteroatoms. The number of halogens is 1. The summed E-state index contributed by atoms with van der Waals surface area (Å²) in [5.41, 5.74) is 1.20. The Morgan fingerprint density at radius 2 is 1.90 bits per heavy atom. The zero-order chi connectivity index (χ0) is 13.7. The fourth-order valence-corrected chi connectivity index (χ4v) is 3.03. The smallest absolute Gasteiger partial charge is 0.175 e. The lowest BCUT2D eigenvalue weighted by Crippen LogP contribution is -2.27. The van der Waals surface area contributed by atoms with Crippen LogP contribution in [0.3, 0.4) is 0 Å². The summed E-state index contributed by atoms with van der Waals surface area (Å²) >= 11 is 6.11. The topological polar surface area (TPSA) is 38.0 Å². The van der Waals surface area contributed by atoms with Crippen LogP contribution in [0.2, 0.25) is 5.02 Å². The summed E-state index contributed by atoms with van der Waals surface area (Å²) in [6.07, 6.45) is 3.55. The molecule has 3 aromatic rings. The molecule has 1 unspecified atom stereocenters. The summed E-state index contributed by atoms with van der Waals surface area (Å²) in [7, 11) is 0. The number of benzene rings is 2. The van der Waals surface area contributed by atoms with Crippen molar-refractivity contribution in [1.82, 2.24) is 9.55 Å². The summed E-state index contributed by atoms with van der Waals surface area (Å²) in [6, 6.07) is 15.1. The van der Waals surface area contributed by atoms with Crippen molar-refractivity contribution >= 4 is 11.6 Å². The molecule has 0 saturated carbocycles. The first-order valence-electron chi connectivity index (χ1n) is 6.33. The molecule has 1 N–H and O–H groups in total. The molecule has 0 radical (unpaired) electrons. The van der Waals surface area contributed by atoms with Gasteiger partial charge in [-0.05, 0) is 23.8 Å². The van der Waals surface area contributed by atoms with Crippen LogP contribution in [-0.4, -0.2) is 14.7 Å². The Kier molecular flexibility index (Phi) is 2.31. The quantitative estimate of drug-likeness (QED) is 0.745. The van der Waals surface area contributed by atoms with E-state index in [-0.39, 0.29) is 0 Å². The number of imidazole rings is 1. The average molecular weight is 283 g/mol. The first-order valence-corrected chi connectivity index (χ1v) is 6.71. The molecule has 2 heterocycles. The molecule has 0 bridgehead atoms. The normalized spacial score (nSPS) is 19.7. The Bertz CT molecular complexity index is 797. The van der Waals surface area contributed by atoms with Gasteiger partial charge in [0.1, 0.15) is 0 Å². The molecule has 20 heavy (non-hydrogen) atoms. The van der Waals surface area contributed by atoms with Gasteiger partial charge in [0.25, 0.3) is 0 Å². The van der Waals surface area contributed by atoms with Crippen LogP contribution in [-0.2, 0) is 5.60 Å². The van der Waals surface area contributed by atoms with Gasteiger partial charge in [-0.3, -0.25) is 0 Å². The van der Waals surface area contributed by atoms with Crippen LogP contribution in [0, 0.1) is 0 Å². The predicted molar refractivity (Wildman–Crippen MR) is 77.1 cm³/mol. The van der Waals surface area contributed by atoms with Crippen LogP contribution in [0.15, 0.2) is 60.9 Å². The SMILES string of the molecule is OC1(c2ccccc2)c2cc(Cl)ccc2-n2ccnc21. The number of hydrogen-bond donors (Lipinski definition) is 1. The molecule has 98 valence electrons. The van der Waals surface area contributed by atoms with Gasteiger partial charge in [0.05, 0.1) is 5.69 Å². The Morgan fingerprint density at radius 1 is 1.10 bits per heavy atom. The zero-order valence-corrected chi connectivity index (χ0v) is 11.2. The predicted octanol–water partition coefficient (Wildman–Crippen LogP) is 3.12. The van der Waals surface area contributed by atoms with Crippen molar-refractivity contribution in [3.8, 4) is 5.69 Å². The lowest BCUT2D eigenvalue weighted by molar-refractivity contribution is 0.122. The molecule has 0 amide bonds. The monoisotopic (exact) mass is 282 g/mol. The molecule has 0 aliphatic carbocycles. The van der Waals surface area contributed by atoms with E-state index in [2.05, 4.69) is 4.98 Å². The molecular formula is C16H11ClN2O. The Labute approximate surface area is 121 Å². The summed E-state index contributed by atoms with van der Waals surface area (Å²) < 4.78 is 1.90. The summed E-state index contributed by atoms with van der Waals surface area (Å²) in [5.74, 6) is 0.598. The highest BCUT2D eigenvalue weighted by Crippen LogP contribution is 2.45. The fraction of sp³-hybridized carbons (Fsp3) is 0.0625. The minimum Gasteiger partial charge on any atom is -0.373 e. The van der Waals surface area contributed by atoms with Gasteiger partial charge in [0, 0.05) is 23.0 Å².